The van der Waals surface area contributed by atoms with E-state index >= 15 is 0 Å². The molecule has 1 atom stereocenters. The monoisotopic (exact) mass is 315 g/mol. The van der Waals surface area contributed by atoms with E-state index in [1.165, 1.54) is 0 Å². The van der Waals surface area contributed by atoms with E-state index in [0.717, 1.165) is 16.9 Å². The fourth-order valence-electron chi connectivity index (χ4n) is 2.41. The molecule has 2 rings (SSSR count). The molecule has 0 bridgehead atoms. The summed E-state index contributed by atoms with van der Waals surface area (Å²) in [4.78, 5) is 11.0. The van der Waals surface area contributed by atoms with Crippen LogP contribution in [0.2, 0.25) is 0 Å². The lowest BCUT2D eigenvalue weighted by molar-refractivity contribution is -0.110. The molecule has 5 nitrogen and oxygen atoms in total. The minimum atomic E-state index is -0.275. The number of hydrogen-bond donors (Lipinski definition) is 1. The lowest BCUT2D eigenvalue weighted by Crippen LogP contribution is -2.20. The second-order valence-corrected chi connectivity index (χ2v) is 4.83. The van der Waals surface area contributed by atoms with Crippen LogP contribution in [0.25, 0.3) is 0 Å². The average Bonchev–Trinajstić information content (AvgIpc) is 2.60. The van der Waals surface area contributed by atoms with Crippen molar-refractivity contribution >= 4 is 6.41 Å². The number of methoxy groups -OCH3 is 2. The number of hydrogen-bond acceptors (Lipinski definition) is 4. The zero-order valence-electron chi connectivity index (χ0n) is 13.5. The van der Waals surface area contributed by atoms with Crippen molar-refractivity contribution in [3.8, 4) is 17.2 Å². The van der Waals surface area contributed by atoms with Crippen molar-refractivity contribution in [2.24, 2.45) is 0 Å². The molecule has 0 aromatic heterocycles. The van der Waals surface area contributed by atoms with E-state index in [4.69, 9.17) is 14.2 Å². The summed E-state index contributed by atoms with van der Waals surface area (Å²) >= 11 is 0. The minimum absolute atomic E-state index is 0.275. The van der Waals surface area contributed by atoms with Crippen molar-refractivity contribution in [2.75, 3.05) is 20.8 Å². The van der Waals surface area contributed by atoms with Crippen LogP contribution in [-0.2, 0) is 4.79 Å². The van der Waals surface area contributed by atoms with Crippen molar-refractivity contribution < 1.29 is 19.0 Å². The molecule has 23 heavy (non-hydrogen) atoms. The molecule has 0 radical (unpaired) electrons. The maximum absolute atomic E-state index is 11.0. The van der Waals surface area contributed by atoms with Crippen molar-refractivity contribution in [3.05, 3.63) is 53.6 Å². The van der Waals surface area contributed by atoms with Gasteiger partial charge in [0.1, 0.15) is 5.75 Å². The fraction of sp³-hybridized carbons (Fsp3) is 0.278. The third kappa shape index (κ3) is 3.94. The molecule has 0 unspecified atom stereocenters. The molecule has 0 fully saturated rings. The highest BCUT2D eigenvalue weighted by molar-refractivity contribution is 5.53. The van der Waals surface area contributed by atoms with E-state index in [2.05, 4.69) is 5.32 Å². The van der Waals surface area contributed by atoms with Gasteiger partial charge in [0.25, 0.3) is 0 Å². The van der Waals surface area contributed by atoms with Crippen LogP contribution in [0.4, 0.5) is 0 Å². The van der Waals surface area contributed by atoms with E-state index < -0.39 is 0 Å². The number of nitrogens with one attached hydrogen (secondary N) is 1. The summed E-state index contributed by atoms with van der Waals surface area (Å²) in [6.07, 6.45) is 0.692. The second-order valence-electron chi connectivity index (χ2n) is 4.83. The van der Waals surface area contributed by atoms with Crippen LogP contribution in [0.1, 0.15) is 24.1 Å². The van der Waals surface area contributed by atoms with E-state index in [1.54, 1.807) is 14.2 Å². The molecule has 0 aliphatic heterocycles. The predicted molar refractivity (Wildman–Crippen MR) is 88.2 cm³/mol. The quantitative estimate of drug-likeness (QED) is 0.761. The van der Waals surface area contributed by atoms with E-state index in [0.29, 0.717) is 24.5 Å². The molecule has 122 valence electrons. The summed E-state index contributed by atoms with van der Waals surface area (Å²) in [5, 5.41) is 2.84. The summed E-state index contributed by atoms with van der Waals surface area (Å²) in [5.41, 5.74) is 1.85. The Kier molecular flexibility index (Phi) is 5.86. The Balaban J connectivity index is 2.35. The molecule has 1 N–H and O–H groups in total. The van der Waals surface area contributed by atoms with Crippen molar-refractivity contribution in [1.82, 2.24) is 5.32 Å². The Morgan fingerprint density at radius 3 is 2.22 bits per heavy atom. The van der Waals surface area contributed by atoms with Crippen LogP contribution in [0.5, 0.6) is 17.2 Å². The molecule has 0 saturated carbocycles. The fourth-order valence-corrected chi connectivity index (χ4v) is 2.41. The third-order valence-corrected chi connectivity index (χ3v) is 3.50. The lowest BCUT2D eigenvalue weighted by Gasteiger charge is -2.19. The minimum Gasteiger partial charge on any atom is -0.494 e. The first-order chi connectivity index (χ1) is 11.2. The number of amides is 1. The number of ether oxygens (including phenoxy) is 3. The molecule has 0 spiro atoms. The van der Waals surface area contributed by atoms with Gasteiger partial charge in [0, 0.05) is 0 Å². The van der Waals surface area contributed by atoms with E-state index in [-0.39, 0.29) is 6.04 Å². The number of carbonyl (C=O) groups is 1. The SMILES string of the molecule is CCOc1ccc([C@H](NC=O)c2ccc(OC)c(OC)c2)cc1. The maximum Gasteiger partial charge on any atom is 0.207 e. The molecular weight excluding hydrogens is 294 g/mol. The Hall–Kier alpha value is -2.69. The molecular formula is C18H21NO4. The Morgan fingerprint density at radius 2 is 1.65 bits per heavy atom. The highest BCUT2D eigenvalue weighted by atomic mass is 16.5. The van der Waals surface area contributed by atoms with Crippen LogP contribution in [0.3, 0.4) is 0 Å². The number of rotatable bonds is 8. The molecule has 2 aromatic rings. The zero-order valence-corrected chi connectivity index (χ0v) is 13.5. The molecule has 2 aromatic carbocycles. The van der Waals surface area contributed by atoms with Crippen LogP contribution < -0.4 is 19.5 Å². The first-order valence-electron chi connectivity index (χ1n) is 7.37. The summed E-state index contributed by atoms with van der Waals surface area (Å²) in [6, 6.07) is 12.9. The second kappa shape index (κ2) is 8.08. The average molecular weight is 315 g/mol. The Bertz CT molecular complexity index is 640. The van der Waals surface area contributed by atoms with Gasteiger partial charge in [0.05, 0.1) is 26.9 Å². The number of benzene rings is 2. The maximum atomic E-state index is 11.0. The molecule has 0 saturated heterocycles. The highest BCUT2D eigenvalue weighted by Crippen LogP contribution is 2.32. The molecule has 0 aliphatic carbocycles. The standard InChI is InChI=1S/C18H21NO4/c1-4-23-15-8-5-13(6-9-15)18(19-12-20)14-7-10-16(21-2)17(11-14)22-3/h5-12,18H,4H2,1-3H3,(H,19,20)/t18-/m0/s1. The van der Waals surface area contributed by atoms with Gasteiger partial charge in [-0.2, -0.15) is 0 Å². The highest BCUT2D eigenvalue weighted by Gasteiger charge is 2.16. The van der Waals surface area contributed by atoms with E-state index in [9.17, 15) is 4.79 Å². The number of carbonyl (C=O) groups excluding carboxylic acids is 1. The normalized spacial score (nSPS) is 11.4. The van der Waals surface area contributed by atoms with Crippen molar-refractivity contribution in [1.29, 1.82) is 0 Å². The zero-order chi connectivity index (χ0) is 16.7. The van der Waals surface area contributed by atoms with Gasteiger partial charge < -0.3 is 19.5 Å². The van der Waals surface area contributed by atoms with Crippen LogP contribution in [-0.4, -0.2) is 27.2 Å². The summed E-state index contributed by atoms with van der Waals surface area (Å²) in [7, 11) is 3.17. The first-order valence-corrected chi connectivity index (χ1v) is 7.37. The van der Waals surface area contributed by atoms with Gasteiger partial charge in [0.15, 0.2) is 11.5 Å². The van der Waals surface area contributed by atoms with Gasteiger partial charge in [-0.1, -0.05) is 18.2 Å². The first kappa shape index (κ1) is 16.7. The molecule has 5 heteroatoms. The van der Waals surface area contributed by atoms with Gasteiger partial charge >= 0.3 is 0 Å². The van der Waals surface area contributed by atoms with Gasteiger partial charge in [-0.05, 0) is 42.3 Å². The molecule has 1 amide bonds. The third-order valence-electron chi connectivity index (χ3n) is 3.50. The van der Waals surface area contributed by atoms with Crippen molar-refractivity contribution in [2.45, 2.75) is 13.0 Å². The van der Waals surface area contributed by atoms with Gasteiger partial charge in [-0.15, -0.1) is 0 Å². The van der Waals surface area contributed by atoms with Crippen molar-refractivity contribution in [3.63, 3.8) is 0 Å². The largest absolute Gasteiger partial charge is 0.494 e. The van der Waals surface area contributed by atoms with Crippen LogP contribution >= 0.6 is 0 Å². The molecule has 0 aliphatic rings. The van der Waals surface area contributed by atoms with Crippen LogP contribution in [0.15, 0.2) is 42.5 Å². The summed E-state index contributed by atoms with van der Waals surface area (Å²) < 4.78 is 16.0. The topological polar surface area (TPSA) is 56.8 Å². The van der Waals surface area contributed by atoms with Crippen LogP contribution in [0, 0.1) is 0 Å². The predicted octanol–water partition coefficient (Wildman–Crippen LogP) is 2.94. The van der Waals surface area contributed by atoms with Gasteiger partial charge in [0.2, 0.25) is 6.41 Å². The summed E-state index contributed by atoms with van der Waals surface area (Å²) in [5.74, 6) is 2.06. The smallest absolute Gasteiger partial charge is 0.207 e. The lowest BCUT2D eigenvalue weighted by atomic mass is 9.98. The van der Waals surface area contributed by atoms with Gasteiger partial charge in [-0.3, -0.25) is 4.79 Å². The Morgan fingerprint density at radius 1 is 1.00 bits per heavy atom. The molecule has 0 heterocycles. The summed E-state index contributed by atoms with van der Waals surface area (Å²) in [6.45, 7) is 2.55. The Labute approximate surface area is 136 Å². The van der Waals surface area contributed by atoms with Gasteiger partial charge in [-0.25, -0.2) is 0 Å². The van der Waals surface area contributed by atoms with E-state index in [1.807, 2.05) is 49.4 Å².